The molecule has 1 aromatic heterocycles. The van der Waals surface area contributed by atoms with E-state index in [1.54, 1.807) is 12.1 Å². The Morgan fingerprint density at radius 1 is 1.04 bits per heavy atom. The van der Waals surface area contributed by atoms with Crippen molar-refractivity contribution in [2.45, 2.75) is 13.5 Å². The molecule has 0 saturated heterocycles. The van der Waals surface area contributed by atoms with E-state index in [9.17, 15) is 13.6 Å². The molecule has 0 unspecified atom stereocenters. The number of ether oxygens (including phenoxy) is 1. The Balaban J connectivity index is 1.69. The first-order chi connectivity index (χ1) is 12.5. The largest absolute Gasteiger partial charge is 0.435 e. The second-order valence-electron chi connectivity index (χ2n) is 5.60. The van der Waals surface area contributed by atoms with Gasteiger partial charge in [0.25, 0.3) is 5.91 Å². The minimum atomic E-state index is -2.88. The maximum atomic E-state index is 12.3. The van der Waals surface area contributed by atoms with Crippen molar-refractivity contribution >= 4 is 11.6 Å². The van der Waals surface area contributed by atoms with Crippen LogP contribution in [-0.2, 0) is 0 Å². The van der Waals surface area contributed by atoms with Crippen LogP contribution in [0.3, 0.4) is 0 Å². The fourth-order valence-electron chi connectivity index (χ4n) is 2.47. The van der Waals surface area contributed by atoms with Crippen molar-refractivity contribution in [2.24, 2.45) is 0 Å². The minimum Gasteiger partial charge on any atom is -0.435 e. The van der Waals surface area contributed by atoms with Crippen molar-refractivity contribution in [1.82, 2.24) is 4.98 Å². The van der Waals surface area contributed by atoms with Gasteiger partial charge in [0.1, 0.15) is 5.75 Å². The first-order valence-electron chi connectivity index (χ1n) is 7.91. The van der Waals surface area contributed by atoms with Crippen molar-refractivity contribution in [1.29, 1.82) is 0 Å². The van der Waals surface area contributed by atoms with E-state index >= 15 is 0 Å². The van der Waals surface area contributed by atoms with Gasteiger partial charge in [-0.15, -0.1) is 0 Å². The summed E-state index contributed by atoms with van der Waals surface area (Å²) >= 11 is 0. The predicted octanol–water partition coefficient (Wildman–Crippen LogP) is 4.91. The number of aryl methyl sites for hydroxylation is 1. The summed E-state index contributed by atoms with van der Waals surface area (Å²) in [6.07, 6.45) is 1.51. The highest BCUT2D eigenvalue weighted by atomic mass is 19.3. The van der Waals surface area contributed by atoms with Crippen LogP contribution in [0.4, 0.5) is 14.5 Å². The van der Waals surface area contributed by atoms with Gasteiger partial charge in [-0.2, -0.15) is 8.78 Å². The summed E-state index contributed by atoms with van der Waals surface area (Å²) in [4.78, 5) is 16.6. The zero-order valence-electron chi connectivity index (χ0n) is 13.9. The number of hydrogen-bond acceptors (Lipinski definition) is 3. The summed E-state index contributed by atoms with van der Waals surface area (Å²) in [6.45, 7) is -0.882. The van der Waals surface area contributed by atoms with Crippen LogP contribution in [0.2, 0.25) is 0 Å². The third-order valence-corrected chi connectivity index (χ3v) is 3.78. The lowest BCUT2D eigenvalue weighted by atomic mass is 10.0. The number of carbonyl (C=O) groups is 1. The van der Waals surface area contributed by atoms with Crippen LogP contribution in [0.1, 0.15) is 15.9 Å². The fraction of sp³-hybridized carbons (Fsp3) is 0.100. The molecule has 6 heteroatoms. The number of alkyl halides is 2. The highest BCUT2D eigenvalue weighted by Crippen LogP contribution is 2.22. The molecule has 0 spiro atoms. The van der Waals surface area contributed by atoms with Crippen LogP contribution in [0.15, 0.2) is 66.9 Å². The van der Waals surface area contributed by atoms with Gasteiger partial charge >= 0.3 is 6.61 Å². The summed E-state index contributed by atoms with van der Waals surface area (Å²) in [5.41, 5.74) is 3.76. The average molecular weight is 354 g/mol. The van der Waals surface area contributed by atoms with Crippen LogP contribution in [0.25, 0.3) is 11.3 Å². The van der Waals surface area contributed by atoms with E-state index in [0.717, 1.165) is 16.8 Å². The zero-order valence-corrected chi connectivity index (χ0v) is 13.9. The molecule has 0 aliphatic rings. The maximum absolute atomic E-state index is 12.3. The lowest BCUT2D eigenvalue weighted by molar-refractivity contribution is -0.0498. The van der Waals surface area contributed by atoms with Crippen LogP contribution in [0.5, 0.6) is 5.75 Å². The number of amides is 1. The lowest BCUT2D eigenvalue weighted by Gasteiger charge is -2.08. The quantitative estimate of drug-likeness (QED) is 0.708. The number of carbonyl (C=O) groups excluding carboxylic acids is 1. The van der Waals surface area contributed by atoms with Crippen LogP contribution in [-0.4, -0.2) is 17.5 Å². The summed E-state index contributed by atoms with van der Waals surface area (Å²) in [7, 11) is 0. The predicted molar refractivity (Wildman–Crippen MR) is 95.4 cm³/mol. The number of anilines is 1. The summed E-state index contributed by atoms with van der Waals surface area (Å²) < 4.78 is 28.5. The molecule has 0 radical (unpaired) electrons. The molecule has 132 valence electrons. The Hall–Kier alpha value is -3.28. The van der Waals surface area contributed by atoms with E-state index < -0.39 is 6.61 Å². The fourth-order valence-corrected chi connectivity index (χ4v) is 2.47. The molecule has 4 nitrogen and oxygen atoms in total. The van der Waals surface area contributed by atoms with Crippen LogP contribution >= 0.6 is 0 Å². The normalized spacial score (nSPS) is 10.6. The topological polar surface area (TPSA) is 51.2 Å². The average Bonchev–Trinajstić information content (AvgIpc) is 2.63. The Morgan fingerprint density at radius 2 is 1.77 bits per heavy atom. The van der Waals surface area contributed by atoms with Gasteiger partial charge in [-0.1, -0.05) is 24.3 Å². The number of pyridine rings is 1. The molecule has 3 aromatic rings. The van der Waals surface area contributed by atoms with Crippen molar-refractivity contribution < 1.29 is 18.3 Å². The summed E-state index contributed by atoms with van der Waals surface area (Å²) in [5, 5.41) is 2.69. The molecular weight excluding hydrogens is 338 g/mol. The molecule has 26 heavy (non-hydrogen) atoms. The Morgan fingerprint density at radius 3 is 2.38 bits per heavy atom. The number of nitrogens with zero attached hydrogens (tertiary/aromatic N) is 1. The molecule has 0 saturated carbocycles. The van der Waals surface area contributed by atoms with Gasteiger partial charge in [-0.05, 0) is 48.9 Å². The van der Waals surface area contributed by atoms with Crippen molar-refractivity contribution in [3.8, 4) is 17.0 Å². The van der Waals surface area contributed by atoms with Crippen LogP contribution < -0.4 is 10.1 Å². The SMILES string of the molecule is Cc1ccccc1-c1ccc(C(=O)Nc2ccc(OC(F)F)cc2)cn1. The molecule has 0 bridgehead atoms. The van der Waals surface area contributed by atoms with E-state index in [-0.39, 0.29) is 11.7 Å². The van der Waals surface area contributed by atoms with Crippen LogP contribution in [0, 0.1) is 6.92 Å². The van der Waals surface area contributed by atoms with Gasteiger partial charge in [0.15, 0.2) is 0 Å². The first-order valence-corrected chi connectivity index (χ1v) is 7.91. The number of benzene rings is 2. The van der Waals surface area contributed by atoms with E-state index in [2.05, 4.69) is 15.0 Å². The summed E-state index contributed by atoms with van der Waals surface area (Å²) in [6, 6.07) is 17.1. The van der Waals surface area contributed by atoms with E-state index in [4.69, 9.17) is 0 Å². The molecule has 0 aliphatic carbocycles. The standard InChI is InChI=1S/C20H16F2N2O2/c1-13-4-2-3-5-17(13)18-11-6-14(12-23-18)19(25)24-15-7-9-16(10-8-15)26-20(21)22/h2-12,20H,1H3,(H,24,25). The molecular formula is C20H16F2N2O2. The molecule has 0 atom stereocenters. The minimum absolute atomic E-state index is 0.0299. The Labute approximate surface area is 149 Å². The molecule has 3 rings (SSSR count). The number of nitrogens with one attached hydrogen (secondary N) is 1. The monoisotopic (exact) mass is 354 g/mol. The molecule has 1 N–H and O–H groups in total. The Kier molecular flexibility index (Phi) is 5.22. The zero-order chi connectivity index (χ0) is 18.5. The molecule has 1 heterocycles. The third-order valence-electron chi connectivity index (χ3n) is 3.78. The first kappa shape index (κ1) is 17.5. The van der Waals surface area contributed by atoms with Crippen molar-refractivity contribution in [2.75, 3.05) is 5.32 Å². The number of aromatic nitrogens is 1. The van der Waals surface area contributed by atoms with E-state index in [1.165, 1.54) is 30.5 Å². The molecule has 0 aliphatic heterocycles. The summed E-state index contributed by atoms with van der Waals surface area (Å²) in [5.74, 6) is -0.307. The molecule has 1 amide bonds. The van der Waals surface area contributed by atoms with Gasteiger partial charge in [0.05, 0.1) is 11.3 Å². The van der Waals surface area contributed by atoms with Gasteiger partial charge in [-0.3, -0.25) is 9.78 Å². The van der Waals surface area contributed by atoms with Gasteiger partial charge in [0, 0.05) is 17.4 Å². The van der Waals surface area contributed by atoms with Crippen molar-refractivity contribution in [3.05, 3.63) is 78.0 Å². The third kappa shape index (κ3) is 4.22. The van der Waals surface area contributed by atoms with Gasteiger partial charge in [-0.25, -0.2) is 0 Å². The van der Waals surface area contributed by atoms with Gasteiger partial charge < -0.3 is 10.1 Å². The van der Waals surface area contributed by atoms with Gasteiger partial charge in [0.2, 0.25) is 0 Å². The van der Waals surface area contributed by atoms with Crippen molar-refractivity contribution in [3.63, 3.8) is 0 Å². The Bertz CT molecular complexity index is 894. The van der Waals surface area contributed by atoms with E-state index in [0.29, 0.717) is 11.3 Å². The second-order valence-corrected chi connectivity index (χ2v) is 5.60. The molecule has 2 aromatic carbocycles. The lowest BCUT2D eigenvalue weighted by Crippen LogP contribution is -2.12. The highest BCUT2D eigenvalue weighted by Gasteiger charge is 2.09. The molecule has 0 fully saturated rings. The number of rotatable bonds is 5. The van der Waals surface area contributed by atoms with E-state index in [1.807, 2.05) is 31.2 Å². The second kappa shape index (κ2) is 7.74. The highest BCUT2D eigenvalue weighted by molar-refractivity contribution is 6.04. The maximum Gasteiger partial charge on any atom is 0.387 e. The number of hydrogen-bond donors (Lipinski definition) is 1. The number of halogens is 2. The smallest absolute Gasteiger partial charge is 0.387 e.